The molecule has 0 fully saturated rings. The molecule has 0 spiro atoms. The van der Waals surface area contributed by atoms with E-state index in [9.17, 15) is 4.79 Å². The van der Waals surface area contributed by atoms with Crippen LogP contribution in [0, 0.1) is 0 Å². The van der Waals surface area contributed by atoms with Crippen LogP contribution in [-0.4, -0.2) is 23.8 Å². The number of pyridine rings is 2. The van der Waals surface area contributed by atoms with E-state index >= 15 is 0 Å². The smallest absolute Gasteiger partial charge is 0.163 e. The molecule has 0 bridgehead atoms. The maximum Gasteiger partial charge on any atom is 0.163 e. The minimum absolute atomic E-state index is 0.141. The average molecular weight is 472 g/mol. The van der Waals surface area contributed by atoms with E-state index in [1.54, 1.807) is 17.5 Å². The number of hydrogen-bond acceptors (Lipinski definition) is 5. The number of fused-ring (bicyclic) bond motifs is 2. The highest BCUT2D eigenvalue weighted by molar-refractivity contribution is 7.23. The van der Waals surface area contributed by atoms with E-state index < -0.39 is 8.07 Å². The molecule has 1 aliphatic rings. The van der Waals surface area contributed by atoms with Crippen LogP contribution in [0.3, 0.4) is 0 Å². The monoisotopic (exact) mass is 471 g/mol. The Morgan fingerprint density at radius 3 is 2.58 bits per heavy atom. The van der Waals surface area contributed by atoms with Crippen LogP contribution < -0.4 is 5.32 Å². The molecule has 168 valence electrons. The van der Waals surface area contributed by atoms with E-state index in [-0.39, 0.29) is 10.6 Å². The Bertz CT molecular complexity index is 1360. The molecule has 4 nitrogen and oxygen atoms in total. The number of ketones is 1. The molecule has 33 heavy (non-hydrogen) atoms. The predicted molar refractivity (Wildman–Crippen MR) is 142 cm³/mol. The summed E-state index contributed by atoms with van der Waals surface area (Å²) >= 11 is 1.72. The molecule has 4 aromatic rings. The van der Waals surface area contributed by atoms with Crippen molar-refractivity contribution >= 4 is 46.7 Å². The molecule has 3 aromatic heterocycles. The lowest BCUT2D eigenvalue weighted by Gasteiger charge is -2.41. The third-order valence-corrected chi connectivity index (χ3v) is 14.9. The molecule has 0 radical (unpaired) electrons. The van der Waals surface area contributed by atoms with Crippen LogP contribution >= 0.6 is 11.3 Å². The molecule has 1 aromatic carbocycles. The van der Waals surface area contributed by atoms with Gasteiger partial charge in [-0.1, -0.05) is 39.9 Å². The minimum Gasteiger partial charge on any atom is -0.354 e. The molecule has 0 saturated carbocycles. The number of anilines is 2. The van der Waals surface area contributed by atoms with Crippen LogP contribution in [0.4, 0.5) is 11.4 Å². The standard InChI is InChI=1S/C27H29N3OSSi/c1-27(2,3)33(4,5)23-14-18-13-19(8-9-20(18)25(23)31)30-24-21-10-12-29-16-22(21)32-26(24)17-7-6-11-28-15-17/h6-13,15-16,23,30H,14H2,1-5H3. The molecule has 0 saturated heterocycles. The summed E-state index contributed by atoms with van der Waals surface area (Å²) in [5, 5.41) is 5.00. The number of carbonyl (C=O) groups excluding carboxylic acids is 1. The van der Waals surface area contributed by atoms with E-state index in [4.69, 9.17) is 0 Å². The van der Waals surface area contributed by atoms with Gasteiger partial charge in [0, 0.05) is 52.5 Å². The molecule has 0 amide bonds. The van der Waals surface area contributed by atoms with Gasteiger partial charge in [0.05, 0.1) is 23.3 Å². The second kappa shape index (κ2) is 7.89. The summed E-state index contributed by atoms with van der Waals surface area (Å²) in [5.41, 5.74) is 5.37. The molecule has 6 heteroatoms. The van der Waals surface area contributed by atoms with Gasteiger partial charge in [-0.05, 0) is 47.4 Å². The lowest BCUT2D eigenvalue weighted by Crippen LogP contribution is -2.44. The average Bonchev–Trinajstić information content (AvgIpc) is 3.32. The van der Waals surface area contributed by atoms with Gasteiger partial charge >= 0.3 is 0 Å². The lowest BCUT2D eigenvalue weighted by atomic mass is 10.1. The van der Waals surface area contributed by atoms with Gasteiger partial charge in [-0.2, -0.15) is 0 Å². The molecule has 1 unspecified atom stereocenters. The van der Waals surface area contributed by atoms with Gasteiger partial charge in [0.15, 0.2) is 5.78 Å². The fourth-order valence-electron chi connectivity index (χ4n) is 4.61. The van der Waals surface area contributed by atoms with Crippen LogP contribution in [0.15, 0.2) is 61.2 Å². The molecular weight excluding hydrogens is 442 g/mol. The predicted octanol–water partition coefficient (Wildman–Crippen LogP) is 7.72. The van der Waals surface area contributed by atoms with Crippen molar-refractivity contribution in [3.05, 3.63) is 72.3 Å². The fourth-order valence-corrected chi connectivity index (χ4v) is 8.31. The largest absolute Gasteiger partial charge is 0.354 e. The van der Waals surface area contributed by atoms with Crippen LogP contribution in [0.2, 0.25) is 23.7 Å². The molecule has 0 aliphatic heterocycles. The number of carbonyl (C=O) groups is 1. The van der Waals surface area contributed by atoms with E-state index in [1.807, 2.05) is 36.8 Å². The summed E-state index contributed by atoms with van der Waals surface area (Å²) in [4.78, 5) is 23.1. The summed E-state index contributed by atoms with van der Waals surface area (Å²) in [6.45, 7) is 11.6. The lowest BCUT2D eigenvalue weighted by molar-refractivity contribution is 0.0990. The second-order valence-corrected chi connectivity index (χ2v) is 17.2. The van der Waals surface area contributed by atoms with E-state index in [1.165, 1.54) is 5.56 Å². The zero-order valence-corrected chi connectivity index (χ0v) is 21.6. The number of aromatic nitrogens is 2. The topological polar surface area (TPSA) is 54.9 Å². The first-order valence-electron chi connectivity index (χ1n) is 11.4. The van der Waals surface area contributed by atoms with Crippen molar-refractivity contribution < 1.29 is 4.79 Å². The zero-order valence-electron chi connectivity index (χ0n) is 19.8. The number of hydrogen-bond donors (Lipinski definition) is 1. The van der Waals surface area contributed by atoms with Crippen LogP contribution in [-0.2, 0) is 6.42 Å². The van der Waals surface area contributed by atoms with Gasteiger partial charge in [-0.15, -0.1) is 11.3 Å². The molecule has 5 rings (SSSR count). The quantitative estimate of drug-likeness (QED) is 0.310. The number of rotatable bonds is 4. The van der Waals surface area contributed by atoms with E-state index in [0.717, 1.165) is 43.9 Å². The van der Waals surface area contributed by atoms with Gasteiger partial charge in [0.1, 0.15) is 0 Å². The van der Waals surface area contributed by atoms with Gasteiger partial charge in [-0.3, -0.25) is 14.8 Å². The molecule has 1 N–H and O–H groups in total. The highest BCUT2D eigenvalue weighted by atomic mass is 32.1. The molecule has 1 aliphatic carbocycles. The molecule has 3 heterocycles. The Morgan fingerprint density at radius 1 is 1.06 bits per heavy atom. The molecular formula is C27H29N3OSSi. The van der Waals surface area contributed by atoms with Gasteiger partial charge < -0.3 is 5.32 Å². The van der Waals surface area contributed by atoms with Gasteiger partial charge in [-0.25, -0.2) is 0 Å². The Balaban J connectivity index is 1.53. The van der Waals surface area contributed by atoms with Crippen molar-refractivity contribution in [3.63, 3.8) is 0 Å². The van der Waals surface area contributed by atoms with Crippen molar-refractivity contribution in [2.24, 2.45) is 0 Å². The summed E-state index contributed by atoms with van der Waals surface area (Å²) in [6.07, 6.45) is 8.29. The number of benzene rings is 1. The number of nitrogens with one attached hydrogen (secondary N) is 1. The SMILES string of the molecule is CC(C)(C)[Si](C)(C)C1Cc2cc(Nc3c(-c4cccnc4)sc4cnccc34)ccc2C1=O. The van der Waals surface area contributed by atoms with Crippen molar-refractivity contribution in [2.45, 2.75) is 50.9 Å². The first kappa shape index (κ1) is 22.0. The van der Waals surface area contributed by atoms with E-state index in [0.29, 0.717) is 5.78 Å². The van der Waals surface area contributed by atoms with Gasteiger partial charge in [0.25, 0.3) is 0 Å². The first-order chi connectivity index (χ1) is 15.7. The van der Waals surface area contributed by atoms with Crippen molar-refractivity contribution in [3.8, 4) is 10.4 Å². The minimum atomic E-state index is -1.78. The maximum atomic E-state index is 13.3. The number of Topliss-reactive ketones (excluding diaryl/α,β-unsaturated/α-hetero) is 1. The summed E-state index contributed by atoms with van der Waals surface area (Å²) < 4.78 is 1.13. The molecule has 1 atom stereocenters. The van der Waals surface area contributed by atoms with Crippen LogP contribution in [0.1, 0.15) is 36.7 Å². The maximum absolute atomic E-state index is 13.3. The van der Waals surface area contributed by atoms with Crippen LogP contribution in [0.25, 0.3) is 20.5 Å². The zero-order chi connectivity index (χ0) is 23.4. The summed E-state index contributed by atoms with van der Waals surface area (Å²) in [7, 11) is -1.78. The van der Waals surface area contributed by atoms with Crippen molar-refractivity contribution in [1.29, 1.82) is 0 Å². The van der Waals surface area contributed by atoms with Crippen LogP contribution in [0.5, 0.6) is 0 Å². The number of nitrogens with zero attached hydrogens (tertiary/aromatic N) is 2. The normalized spacial score (nSPS) is 16.3. The van der Waals surface area contributed by atoms with E-state index in [2.05, 4.69) is 67.3 Å². The third-order valence-electron chi connectivity index (χ3n) is 7.60. The first-order valence-corrected chi connectivity index (χ1v) is 15.3. The third kappa shape index (κ3) is 3.71. The van der Waals surface area contributed by atoms with Crippen molar-refractivity contribution in [2.75, 3.05) is 5.32 Å². The summed E-state index contributed by atoms with van der Waals surface area (Å²) in [5.74, 6) is 0.339. The highest BCUT2D eigenvalue weighted by Gasteiger charge is 2.48. The Labute approximate surface area is 200 Å². The van der Waals surface area contributed by atoms with Gasteiger partial charge in [0.2, 0.25) is 0 Å². The second-order valence-electron chi connectivity index (χ2n) is 10.5. The Morgan fingerprint density at radius 2 is 1.85 bits per heavy atom. The Kier molecular flexibility index (Phi) is 5.25. The van der Waals surface area contributed by atoms with Crippen molar-refractivity contribution in [1.82, 2.24) is 9.97 Å². The number of thiophene rings is 1. The summed E-state index contributed by atoms with van der Waals surface area (Å²) in [6, 6.07) is 12.3. The fraction of sp³-hybridized carbons (Fsp3) is 0.296. The highest BCUT2D eigenvalue weighted by Crippen LogP contribution is 2.50. The Hall–Kier alpha value is -2.83.